The highest BCUT2D eigenvalue weighted by Gasteiger charge is 2.33. The van der Waals surface area contributed by atoms with Crippen molar-refractivity contribution in [2.24, 2.45) is 0 Å². The van der Waals surface area contributed by atoms with Crippen molar-refractivity contribution in [2.75, 3.05) is 18.0 Å². The van der Waals surface area contributed by atoms with Crippen molar-refractivity contribution in [1.29, 1.82) is 0 Å². The standard InChI is InChI=1S/C21H21N5O4/c27-20(15-8-2-1-3-9-15)22-14-16-10-4-6-12-24(16)19-18(26(29)30)21(28)25-13-7-5-11-17(25)23-19/h1-3,5,7-9,11,13,16H,4,6,10,12,14H2,(H,22,27). The Morgan fingerprint density at radius 1 is 1.17 bits per heavy atom. The lowest BCUT2D eigenvalue weighted by atomic mass is 10.0. The van der Waals surface area contributed by atoms with Gasteiger partial charge in [0.2, 0.25) is 5.82 Å². The van der Waals surface area contributed by atoms with Crippen molar-refractivity contribution in [3.63, 3.8) is 0 Å². The first-order chi connectivity index (χ1) is 14.6. The van der Waals surface area contributed by atoms with Crippen LogP contribution in [0.25, 0.3) is 5.65 Å². The van der Waals surface area contributed by atoms with E-state index in [9.17, 15) is 19.7 Å². The molecule has 4 rings (SSSR count). The fraction of sp³-hybridized carbons (Fsp3) is 0.286. The minimum absolute atomic E-state index is 0.0647. The van der Waals surface area contributed by atoms with Gasteiger partial charge in [0.1, 0.15) is 5.65 Å². The maximum atomic E-state index is 12.8. The Bertz CT molecular complexity index is 1150. The highest BCUT2D eigenvalue weighted by Crippen LogP contribution is 2.29. The highest BCUT2D eigenvalue weighted by molar-refractivity contribution is 5.94. The maximum Gasteiger partial charge on any atom is 0.376 e. The number of nitro groups is 1. The van der Waals surface area contributed by atoms with Crippen LogP contribution in [0.15, 0.2) is 59.5 Å². The molecule has 3 aromatic rings. The summed E-state index contributed by atoms with van der Waals surface area (Å²) in [5.74, 6) is -0.142. The second kappa shape index (κ2) is 8.32. The van der Waals surface area contributed by atoms with Crippen LogP contribution in [0.3, 0.4) is 0 Å². The second-order valence-electron chi connectivity index (χ2n) is 7.19. The average molecular weight is 407 g/mol. The number of carbonyl (C=O) groups excluding carboxylic acids is 1. The Balaban J connectivity index is 1.66. The Hall–Kier alpha value is -3.75. The molecule has 0 radical (unpaired) electrons. The molecule has 1 atom stereocenters. The summed E-state index contributed by atoms with van der Waals surface area (Å²) in [6.07, 6.45) is 3.97. The lowest BCUT2D eigenvalue weighted by Crippen LogP contribution is -2.48. The van der Waals surface area contributed by atoms with Gasteiger partial charge in [-0.05, 0) is 43.5 Å². The van der Waals surface area contributed by atoms with Crippen molar-refractivity contribution in [1.82, 2.24) is 14.7 Å². The van der Waals surface area contributed by atoms with Crippen molar-refractivity contribution in [3.05, 3.63) is 80.8 Å². The third-order valence-corrected chi connectivity index (χ3v) is 5.31. The molecule has 1 amide bonds. The van der Waals surface area contributed by atoms with E-state index >= 15 is 0 Å². The molecule has 1 N–H and O–H groups in total. The number of hydrogen-bond acceptors (Lipinski definition) is 6. The summed E-state index contributed by atoms with van der Waals surface area (Å²) in [6, 6.07) is 13.7. The van der Waals surface area contributed by atoms with Gasteiger partial charge in [-0.1, -0.05) is 24.3 Å². The van der Waals surface area contributed by atoms with Crippen LogP contribution in [0.5, 0.6) is 0 Å². The molecule has 30 heavy (non-hydrogen) atoms. The van der Waals surface area contributed by atoms with E-state index in [0.29, 0.717) is 24.3 Å². The number of pyridine rings is 1. The number of piperidine rings is 1. The second-order valence-corrected chi connectivity index (χ2v) is 7.19. The number of aromatic nitrogens is 2. The van der Waals surface area contributed by atoms with Gasteiger partial charge >= 0.3 is 11.2 Å². The lowest BCUT2D eigenvalue weighted by Gasteiger charge is -2.36. The number of nitrogens with zero attached hydrogens (tertiary/aromatic N) is 4. The van der Waals surface area contributed by atoms with Gasteiger partial charge < -0.3 is 10.2 Å². The molecule has 1 aliphatic heterocycles. The SMILES string of the molecule is O=C(NCC1CCCCN1c1nc2ccccn2c(=O)c1[N+](=O)[O-])c1ccccc1. The quantitative estimate of drug-likeness (QED) is 0.514. The van der Waals surface area contributed by atoms with Crippen LogP contribution in [-0.4, -0.2) is 39.3 Å². The lowest BCUT2D eigenvalue weighted by molar-refractivity contribution is -0.385. The van der Waals surface area contributed by atoms with E-state index in [1.54, 1.807) is 47.4 Å². The van der Waals surface area contributed by atoms with E-state index in [-0.39, 0.29) is 17.8 Å². The van der Waals surface area contributed by atoms with E-state index in [0.717, 1.165) is 19.3 Å². The van der Waals surface area contributed by atoms with E-state index in [4.69, 9.17) is 0 Å². The number of rotatable bonds is 5. The van der Waals surface area contributed by atoms with E-state index in [2.05, 4.69) is 10.3 Å². The van der Waals surface area contributed by atoms with Crippen LogP contribution in [0, 0.1) is 10.1 Å². The zero-order valence-electron chi connectivity index (χ0n) is 16.2. The van der Waals surface area contributed by atoms with Gasteiger partial charge in [-0.3, -0.25) is 24.1 Å². The molecular formula is C21H21N5O4. The summed E-state index contributed by atoms with van der Waals surface area (Å²) in [4.78, 5) is 42.5. The van der Waals surface area contributed by atoms with Gasteiger partial charge in [0.25, 0.3) is 5.91 Å². The predicted octanol–water partition coefficient (Wildman–Crippen LogP) is 2.39. The largest absolute Gasteiger partial charge is 0.376 e. The zero-order chi connectivity index (χ0) is 21.1. The molecule has 9 nitrogen and oxygen atoms in total. The number of anilines is 1. The van der Waals surface area contributed by atoms with Crippen molar-refractivity contribution in [2.45, 2.75) is 25.3 Å². The van der Waals surface area contributed by atoms with E-state index in [1.807, 2.05) is 6.07 Å². The van der Waals surface area contributed by atoms with Gasteiger partial charge in [0.15, 0.2) is 0 Å². The molecule has 154 valence electrons. The Morgan fingerprint density at radius 2 is 1.93 bits per heavy atom. The summed E-state index contributed by atoms with van der Waals surface area (Å²) >= 11 is 0. The molecule has 3 heterocycles. The van der Waals surface area contributed by atoms with Crippen molar-refractivity contribution >= 4 is 23.1 Å². The van der Waals surface area contributed by atoms with Crippen LogP contribution >= 0.6 is 0 Å². The predicted molar refractivity (Wildman–Crippen MR) is 112 cm³/mol. The topological polar surface area (TPSA) is 110 Å². The minimum atomic E-state index is -0.710. The molecule has 0 spiro atoms. The number of nitrogens with one attached hydrogen (secondary N) is 1. The summed E-state index contributed by atoms with van der Waals surface area (Å²) < 4.78 is 1.18. The highest BCUT2D eigenvalue weighted by atomic mass is 16.6. The summed E-state index contributed by atoms with van der Waals surface area (Å²) in [7, 11) is 0. The molecule has 1 saturated heterocycles. The first kappa shape index (κ1) is 19.6. The van der Waals surface area contributed by atoms with Gasteiger partial charge in [0.05, 0.1) is 4.92 Å². The van der Waals surface area contributed by atoms with Crippen molar-refractivity contribution < 1.29 is 9.72 Å². The Kier molecular flexibility index (Phi) is 5.42. The maximum absolute atomic E-state index is 12.8. The molecule has 1 aliphatic rings. The number of benzene rings is 1. The van der Waals surface area contributed by atoms with Gasteiger partial charge in [0, 0.05) is 30.9 Å². The summed E-state index contributed by atoms with van der Waals surface area (Å²) in [5, 5.41) is 14.6. The van der Waals surface area contributed by atoms with Gasteiger partial charge in [-0.15, -0.1) is 0 Å². The zero-order valence-corrected chi connectivity index (χ0v) is 16.2. The summed E-state index contributed by atoms with van der Waals surface area (Å²) in [6.45, 7) is 0.836. The van der Waals surface area contributed by atoms with Crippen LogP contribution in [0.4, 0.5) is 11.5 Å². The molecule has 1 aromatic carbocycles. The fourth-order valence-electron chi connectivity index (χ4n) is 3.82. The molecule has 0 saturated carbocycles. The first-order valence-corrected chi connectivity index (χ1v) is 9.82. The van der Waals surface area contributed by atoms with Crippen LogP contribution in [-0.2, 0) is 0 Å². The van der Waals surface area contributed by atoms with Crippen molar-refractivity contribution in [3.8, 4) is 0 Å². The van der Waals surface area contributed by atoms with Crippen LogP contribution < -0.4 is 15.8 Å². The molecule has 1 unspecified atom stereocenters. The molecule has 0 bridgehead atoms. The number of hydrogen-bond donors (Lipinski definition) is 1. The number of amides is 1. The molecule has 9 heteroatoms. The Labute approximate surface area is 172 Å². The Morgan fingerprint density at radius 3 is 2.70 bits per heavy atom. The monoisotopic (exact) mass is 407 g/mol. The number of fused-ring (bicyclic) bond motifs is 1. The molecule has 0 aliphatic carbocycles. The van der Waals surface area contributed by atoms with Gasteiger partial charge in [-0.25, -0.2) is 4.98 Å². The van der Waals surface area contributed by atoms with E-state index < -0.39 is 16.2 Å². The average Bonchev–Trinajstić information content (AvgIpc) is 2.78. The minimum Gasteiger partial charge on any atom is -0.350 e. The molecule has 2 aromatic heterocycles. The summed E-state index contributed by atoms with van der Waals surface area (Å²) in [5.41, 5.74) is -0.355. The van der Waals surface area contributed by atoms with Crippen LogP contribution in [0.2, 0.25) is 0 Å². The fourth-order valence-corrected chi connectivity index (χ4v) is 3.82. The third-order valence-electron chi connectivity index (χ3n) is 5.31. The smallest absolute Gasteiger partial charge is 0.350 e. The third kappa shape index (κ3) is 3.73. The number of carbonyl (C=O) groups is 1. The normalized spacial score (nSPS) is 16.4. The van der Waals surface area contributed by atoms with E-state index in [1.165, 1.54) is 10.6 Å². The van der Waals surface area contributed by atoms with Crippen LogP contribution in [0.1, 0.15) is 29.6 Å². The first-order valence-electron chi connectivity index (χ1n) is 9.82. The molecular weight excluding hydrogens is 386 g/mol. The van der Waals surface area contributed by atoms with Gasteiger partial charge in [-0.2, -0.15) is 0 Å². The molecule has 1 fully saturated rings.